The van der Waals surface area contributed by atoms with Crippen molar-refractivity contribution < 1.29 is 25.8 Å². The van der Waals surface area contributed by atoms with Gasteiger partial charge >= 0.3 is 0 Å². The minimum atomic E-state index is 0. The van der Waals surface area contributed by atoms with Crippen LogP contribution in [0.1, 0.15) is 6.92 Å². The van der Waals surface area contributed by atoms with Gasteiger partial charge in [0.15, 0.2) is 0 Å². The van der Waals surface area contributed by atoms with Crippen LogP contribution in [0.5, 0.6) is 0 Å². The third-order valence-electron chi connectivity index (χ3n) is 3.10. The van der Waals surface area contributed by atoms with Crippen molar-refractivity contribution in [3.8, 4) is 0 Å². The predicted molar refractivity (Wildman–Crippen MR) is 90.1 cm³/mol. The van der Waals surface area contributed by atoms with Gasteiger partial charge in [-0.3, -0.25) is 0 Å². The van der Waals surface area contributed by atoms with E-state index in [1.54, 1.807) is 6.92 Å². The first kappa shape index (κ1) is 17.6. The minimum Gasteiger partial charge on any atom is -0.346 e. The second kappa shape index (κ2) is 9.46. The molecular formula is C20H19Hf-3. The molecule has 4 aromatic carbocycles. The number of hydrogen-bond donors (Lipinski definition) is 0. The van der Waals surface area contributed by atoms with E-state index in [9.17, 15) is 0 Å². The second-order valence-corrected chi connectivity index (χ2v) is 4.31. The smallest absolute Gasteiger partial charge is 0 e. The van der Waals surface area contributed by atoms with Gasteiger partial charge in [-0.1, -0.05) is 12.1 Å². The summed E-state index contributed by atoms with van der Waals surface area (Å²) < 4.78 is 0. The van der Waals surface area contributed by atoms with Crippen LogP contribution >= 0.6 is 0 Å². The average molecular weight is 438 g/mol. The Balaban J connectivity index is 0.000000181. The summed E-state index contributed by atoms with van der Waals surface area (Å²) in [6, 6.07) is 29.3. The second-order valence-electron chi connectivity index (χ2n) is 4.31. The van der Waals surface area contributed by atoms with E-state index in [0.29, 0.717) is 0 Å². The monoisotopic (exact) mass is 439 g/mol. The molecule has 0 aliphatic heterocycles. The van der Waals surface area contributed by atoms with Crippen LogP contribution < -0.4 is 0 Å². The van der Waals surface area contributed by atoms with Crippen LogP contribution in [0.25, 0.3) is 21.5 Å². The first-order valence-electron chi connectivity index (χ1n) is 6.85. The van der Waals surface area contributed by atoms with Crippen molar-refractivity contribution in [1.82, 2.24) is 0 Å². The van der Waals surface area contributed by atoms with Gasteiger partial charge in [0.25, 0.3) is 0 Å². The van der Waals surface area contributed by atoms with Crippen molar-refractivity contribution in [2.24, 2.45) is 0 Å². The maximum atomic E-state index is 3.25. The number of fused-ring (bicyclic) bond motifs is 2. The minimum absolute atomic E-state index is 0. The zero-order valence-electron chi connectivity index (χ0n) is 12.3. The van der Waals surface area contributed by atoms with Crippen molar-refractivity contribution in [3.63, 3.8) is 0 Å². The molecule has 106 valence electrons. The molecule has 0 saturated heterocycles. The zero-order valence-corrected chi connectivity index (χ0v) is 15.9. The van der Waals surface area contributed by atoms with E-state index in [2.05, 4.69) is 91.9 Å². The third kappa shape index (κ3) is 4.78. The van der Waals surface area contributed by atoms with E-state index in [1.807, 2.05) is 0 Å². The van der Waals surface area contributed by atoms with Gasteiger partial charge < -0.3 is 6.92 Å². The fourth-order valence-electron chi connectivity index (χ4n) is 2.14. The van der Waals surface area contributed by atoms with Crippen molar-refractivity contribution >= 4 is 21.5 Å². The van der Waals surface area contributed by atoms with Gasteiger partial charge in [-0.25, -0.2) is 0 Å². The molecule has 0 aliphatic carbocycles. The first-order chi connectivity index (χ1) is 9.93. The summed E-state index contributed by atoms with van der Waals surface area (Å²) >= 11 is 0. The van der Waals surface area contributed by atoms with Crippen LogP contribution in [-0.4, -0.2) is 0 Å². The predicted octanol–water partition coefficient (Wildman–Crippen LogP) is 5.96. The normalized spacial score (nSPS) is 9.05. The van der Waals surface area contributed by atoms with Crippen LogP contribution in [0.15, 0.2) is 84.9 Å². The molecule has 0 amide bonds. The Bertz CT molecular complexity index is 620. The number of hydrogen-bond acceptors (Lipinski definition) is 0. The molecule has 0 nitrogen and oxygen atoms in total. The molecule has 0 fully saturated rings. The largest absolute Gasteiger partial charge is 0.346 e. The molecule has 0 bridgehead atoms. The van der Waals surface area contributed by atoms with Crippen LogP contribution in [0.2, 0.25) is 0 Å². The van der Waals surface area contributed by atoms with E-state index in [4.69, 9.17) is 0 Å². The Morgan fingerprint density at radius 3 is 1.38 bits per heavy atom. The average Bonchev–Trinajstić information content (AvgIpc) is 3.18. The Hall–Kier alpha value is -1.47. The quantitative estimate of drug-likeness (QED) is 0.235. The molecule has 0 saturated carbocycles. The van der Waals surface area contributed by atoms with E-state index in [-0.39, 0.29) is 25.8 Å². The van der Waals surface area contributed by atoms with E-state index in [1.165, 1.54) is 21.5 Å². The molecule has 0 radical (unpaired) electrons. The Morgan fingerprint density at radius 2 is 1.00 bits per heavy atom. The Labute approximate surface area is 145 Å². The molecule has 4 rings (SSSR count). The maximum Gasteiger partial charge on any atom is 0 e. The summed E-state index contributed by atoms with van der Waals surface area (Å²) in [5.74, 6) is 0. The Morgan fingerprint density at radius 1 is 0.619 bits per heavy atom. The molecular weight excluding hydrogens is 419 g/mol. The van der Waals surface area contributed by atoms with E-state index >= 15 is 0 Å². The summed E-state index contributed by atoms with van der Waals surface area (Å²) in [6.07, 6.45) is 0. The number of rotatable bonds is 0. The Kier molecular flexibility index (Phi) is 7.92. The van der Waals surface area contributed by atoms with Crippen LogP contribution in [0, 0.1) is 6.92 Å². The van der Waals surface area contributed by atoms with Gasteiger partial charge in [-0.05, 0) is 0 Å². The van der Waals surface area contributed by atoms with Crippen LogP contribution in [-0.2, 0) is 25.8 Å². The fraction of sp³-hybridized carbons (Fsp3) is 0.0500. The number of benzene rings is 2. The van der Waals surface area contributed by atoms with Gasteiger partial charge in [-0.15, -0.1) is 59.3 Å². The summed E-state index contributed by atoms with van der Waals surface area (Å²) in [7, 11) is 0. The van der Waals surface area contributed by atoms with Crippen LogP contribution in [0.3, 0.4) is 0 Å². The molecule has 21 heavy (non-hydrogen) atoms. The van der Waals surface area contributed by atoms with E-state index < -0.39 is 0 Å². The van der Waals surface area contributed by atoms with Crippen molar-refractivity contribution in [2.45, 2.75) is 6.92 Å². The third-order valence-corrected chi connectivity index (χ3v) is 3.10. The van der Waals surface area contributed by atoms with Crippen molar-refractivity contribution in [2.75, 3.05) is 0 Å². The van der Waals surface area contributed by atoms with Gasteiger partial charge in [0.1, 0.15) is 0 Å². The van der Waals surface area contributed by atoms with Gasteiger partial charge in [0.2, 0.25) is 0 Å². The summed E-state index contributed by atoms with van der Waals surface area (Å²) in [5, 5.41) is 5.32. The molecule has 0 aliphatic rings. The standard InChI is InChI=1S/2C9H7.C2H5.Hf/c2*1-2-5-9-7-3-6-8(9)4-1;1-2;/h2*1-7H;1H2,2H3;/q3*-1;. The molecule has 4 aromatic rings. The topological polar surface area (TPSA) is 0 Å². The SMILES string of the molecule is [CH2-]C.[Hf].c1ccc2[cH-]ccc2c1.c1ccc2[cH-]ccc2c1. The zero-order chi connectivity index (χ0) is 14.2. The van der Waals surface area contributed by atoms with Gasteiger partial charge in [0, 0.05) is 25.8 Å². The summed E-state index contributed by atoms with van der Waals surface area (Å²) in [4.78, 5) is 0. The first-order valence-corrected chi connectivity index (χ1v) is 6.85. The van der Waals surface area contributed by atoms with Crippen molar-refractivity contribution in [3.05, 3.63) is 91.9 Å². The van der Waals surface area contributed by atoms with Gasteiger partial charge in [-0.2, -0.15) is 42.0 Å². The molecule has 0 spiro atoms. The molecule has 0 aromatic heterocycles. The molecule has 0 unspecified atom stereocenters. The molecule has 0 atom stereocenters. The molecule has 0 heterocycles. The summed E-state index contributed by atoms with van der Waals surface area (Å²) in [5.41, 5.74) is 0. The molecule has 1 heteroatoms. The fourth-order valence-corrected chi connectivity index (χ4v) is 2.14. The van der Waals surface area contributed by atoms with E-state index in [0.717, 1.165) is 0 Å². The summed E-state index contributed by atoms with van der Waals surface area (Å²) in [6.45, 7) is 5.00. The van der Waals surface area contributed by atoms with Gasteiger partial charge in [0.05, 0.1) is 0 Å². The maximum absolute atomic E-state index is 3.25. The molecule has 0 N–H and O–H groups in total. The van der Waals surface area contributed by atoms with Crippen molar-refractivity contribution in [1.29, 1.82) is 0 Å². The van der Waals surface area contributed by atoms with Crippen LogP contribution in [0.4, 0.5) is 0 Å².